The molecule has 0 aliphatic rings. The lowest BCUT2D eigenvalue weighted by atomic mass is 10.0. The molecule has 0 aromatic heterocycles. The highest BCUT2D eigenvalue weighted by Crippen LogP contribution is 2.20. The molecule has 0 rings (SSSR count). The van der Waals surface area contributed by atoms with Crippen molar-refractivity contribution < 1.29 is 24.5 Å². The standard InChI is InChI=1S/C82H157NO5/c1-3-5-7-9-11-13-15-17-19-21-23-24-25-29-32-35-39-42-46-50-54-58-62-66-70-74-80(85)79(78-84)83-81(86)75-71-67-63-59-55-51-47-43-40-36-33-30-27-26-28-31-34-37-41-45-49-53-57-61-65-69-73-77-88-82(87)76-72-68-64-60-56-52-48-44-38-22-20-18-16-14-12-10-8-6-4-2/h18,20,26-27,70,74,79-80,84-85H,3-17,19,21-25,28-69,71-73,75-78H2,1-2H3,(H,83,86)/b20-18-,27-26-,74-70+. The molecule has 0 saturated carbocycles. The number of hydrogen-bond donors (Lipinski definition) is 3. The van der Waals surface area contributed by atoms with E-state index in [1.807, 2.05) is 6.08 Å². The van der Waals surface area contributed by atoms with E-state index in [-0.39, 0.29) is 18.5 Å². The van der Waals surface area contributed by atoms with Gasteiger partial charge in [-0.3, -0.25) is 9.59 Å². The molecule has 0 aliphatic heterocycles. The number of nitrogens with one attached hydrogen (secondary N) is 1. The van der Waals surface area contributed by atoms with Gasteiger partial charge in [0.05, 0.1) is 25.4 Å². The summed E-state index contributed by atoms with van der Waals surface area (Å²) in [7, 11) is 0. The van der Waals surface area contributed by atoms with Gasteiger partial charge in [0.1, 0.15) is 0 Å². The molecule has 0 saturated heterocycles. The summed E-state index contributed by atoms with van der Waals surface area (Å²) >= 11 is 0. The minimum atomic E-state index is -0.847. The molecule has 0 radical (unpaired) electrons. The van der Waals surface area contributed by atoms with Crippen molar-refractivity contribution in [3.63, 3.8) is 0 Å². The zero-order valence-electron chi connectivity index (χ0n) is 59.7. The second-order valence-electron chi connectivity index (χ2n) is 27.7. The Morgan fingerprint density at radius 1 is 0.307 bits per heavy atom. The number of carbonyl (C=O) groups excluding carboxylic acids is 2. The van der Waals surface area contributed by atoms with Crippen molar-refractivity contribution in [2.75, 3.05) is 13.2 Å². The van der Waals surface area contributed by atoms with E-state index in [0.717, 1.165) is 38.5 Å². The lowest BCUT2D eigenvalue weighted by Crippen LogP contribution is -2.45. The Kier molecular flexibility index (Phi) is 75.8. The van der Waals surface area contributed by atoms with E-state index >= 15 is 0 Å². The van der Waals surface area contributed by atoms with Crippen molar-refractivity contribution in [1.82, 2.24) is 5.32 Å². The number of esters is 1. The summed E-state index contributed by atoms with van der Waals surface area (Å²) in [5.41, 5.74) is 0. The van der Waals surface area contributed by atoms with E-state index in [4.69, 9.17) is 4.74 Å². The summed E-state index contributed by atoms with van der Waals surface area (Å²) in [6, 6.07) is -0.631. The summed E-state index contributed by atoms with van der Waals surface area (Å²) in [6.07, 6.45) is 101. The van der Waals surface area contributed by atoms with Gasteiger partial charge in [-0.25, -0.2) is 0 Å². The number of ether oxygens (including phenoxy) is 1. The van der Waals surface area contributed by atoms with Gasteiger partial charge in [0, 0.05) is 12.8 Å². The predicted molar refractivity (Wildman–Crippen MR) is 389 cm³/mol. The van der Waals surface area contributed by atoms with Gasteiger partial charge in [0.15, 0.2) is 0 Å². The highest BCUT2D eigenvalue weighted by Gasteiger charge is 2.18. The maximum Gasteiger partial charge on any atom is 0.305 e. The van der Waals surface area contributed by atoms with Gasteiger partial charge in [-0.2, -0.15) is 0 Å². The maximum atomic E-state index is 12.6. The van der Waals surface area contributed by atoms with Crippen molar-refractivity contribution in [2.45, 2.75) is 463 Å². The van der Waals surface area contributed by atoms with Crippen molar-refractivity contribution >= 4 is 11.9 Å². The molecule has 0 spiro atoms. The van der Waals surface area contributed by atoms with E-state index < -0.39 is 12.1 Å². The molecule has 1 amide bonds. The van der Waals surface area contributed by atoms with Crippen LogP contribution < -0.4 is 5.32 Å². The first-order valence-electron chi connectivity index (χ1n) is 40.3. The van der Waals surface area contributed by atoms with Gasteiger partial charge in [-0.15, -0.1) is 0 Å². The van der Waals surface area contributed by atoms with Crippen LogP contribution in [0.3, 0.4) is 0 Å². The third-order valence-electron chi connectivity index (χ3n) is 18.9. The van der Waals surface area contributed by atoms with Crippen LogP contribution in [0.1, 0.15) is 450 Å². The molecule has 2 atom stereocenters. The largest absolute Gasteiger partial charge is 0.466 e. The molecule has 0 aromatic rings. The Morgan fingerprint density at radius 3 is 0.807 bits per heavy atom. The molecule has 0 bridgehead atoms. The van der Waals surface area contributed by atoms with Crippen LogP contribution in [0.4, 0.5) is 0 Å². The molecular formula is C82H157NO5. The summed E-state index contributed by atoms with van der Waals surface area (Å²) < 4.78 is 5.51. The highest BCUT2D eigenvalue weighted by molar-refractivity contribution is 5.76. The SMILES string of the molecule is CCCCCCCC/C=C\CCCCCCCCCCCC(=O)OCCCCCCCCCCCCCC/C=C\CCCCCCCCCCCCCC(=O)NC(CO)C(O)/C=C/CCCCCCCCCCCCCCCCCCCCCCCCC. The summed E-state index contributed by atoms with van der Waals surface area (Å²) in [5, 5.41) is 23.3. The number of aliphatic hydroxyl groups excluding tert-OH is 2. The van der Waals surface area contributed by atoms with E-state index in [1.54, 1.807) is 6.08 Å². The Balaban J connectivity index is 3.40. The second-order valence-corrected chi connectivity index (χ2v) is 27.7. The van der Waals surface area contributed by atoms with E-state index in [2.05, 4.69) is 43.5 Å². The first-order valence-corrected chi connectivity index (χ1v) is 40.3. The first-order chi connectivity index (χ1) is 43.5. The second kappa shape index (κ2) is 77.5. The first kappa shape index (κ1) is 86.1. The van der Waals surface area contributed by atoms with Crippen LogP contribution in [0, 0.1) is 0 Å². The number of unbranched alkanes of at least 4 members (excludes halogenated alkanes) is 61. The minimum Gasteiger partial charge on any atom is -0.466 e. The highest BCUT2D eigenvalue weighted by atomic mass is 16.5. The van der Waals surface area contributed by atoms with Crippen LogP contribution in [0.25, 0.3) is 0 Å². The number of amides is 1. The minimum absolute atomic E-state index is 0.0153. The smallest absolute Gasteiger partial charge is 0.305 e. The van der Waals surface area contributed by atoms with Gasteiger partial charge in [-0.1, -0.05) is 391 Å². The molecule has 0 aromatic carbocycles. The van der Waals surface area contributed by atoms with Gasteiger partial charge in [0.2, 0.25) is 5.91 Å². The third-order valence-corrected chi connectivity index (χ3v) is 18.9. The number of allylic oxidation sites excluding steroid dienone is 5. The fourth-order valence-electron chi connectivity index (χ4n) is 12.7. The van der Waals surface area contributed by atoms with Crippen molar-refractivity contribution in [2.24, 2.45) is 0 Å². The predicted octanol–water partition coefficient (Wildman–Crippen LogP) is 26.6. The van der Waals surface area contributed by atoms with Crippen LogP contribution in [0.2, 0.25) is 0 Å². The fourth-order valence-corrected chi connectivity index (χ4v) is 12.7. The zero-order valence-corrected chi connectivity index (χ0v) is 59.7. The molecule has 6 heteroatoms. The Hall–Kier alpha value is -1.92. The van der Waals surface area contributed by atoms with Gasteiger partial charge in [0.25, 0.3) is 0 Å². The quantitative estimate of drug-likeness (QED) is 0.0320. The molecule has 2 unspecified atom stereocenters. The van der Waals surface area contributed by atoms with Gasteiger partial charge in [-0.05, 0) is 83.5 Å². The van der Waals surface area contributed by atoms with E-state index in [9.17, 15) is 19.8 Å². The van der Waals surface area contributed by atoms with Gasteiger partial charge >= 0.3 is 5.97 Å². The molecule has 0 fully saturated rings. The normalized spacial score (nSPS) is 12.6. The summed E-state index contributed by atoms with van der Waals surface area (Å²) in [6.45, 7) is 4.95. The van der Waals surface area contributed by atoms with Crippen LogP contribution in [-0.2, 0) is 14.3 Å². The average molecular weight is 1240 g/mol. The molecule has 520 valence electrons. The van der Waals surface area contributed by atoms with E-state index in [0.29, 0.717) is 19.4 Å². The van der Waals surface area contributed by atoms with E-state index in [1.165, 1.54) is 385 Å². The molecule has 0 aliphatic carbocycles. The lowest BCUT2D eigenvalue weighted by molar-refractivity contribution is -0.143. The Bertz CT molecular complexity index is 1430. The Morgan fingerprint density at radius 2 is 0.534 bits per heavy atom. The summed E-state index contributed by atoms with van der Waals surface area (Å²) in [4.78, 5) is 24.7. The third kappa shape index (κ3) is 73.1. The molecule has 6 nitrogen and oxygen atoms in total. The number of carbonyl (C=O) groups is 2. The van der Waals surface area contributed by atoms with Crippen molar-refractivity contribution in [3.05, 3.63) is 36.5 Å². The molecular weight excluding hydrogens is 1080 g/mol. The van der Waals surface area contributed by atoms with Crippen LogP contribution in [0.5, 0.6) is 0 Å². The van der Waals surface area contributed by atoms with Crippen molar-refractivity contribution in [1.29, 1.82) is 0 Å². The molecule has 0 heterocycles. The lowest BCUT2D eigenvalue weighted by Gasteiger charge is -2.20. The fraction of sp³-hybridized carbons (Fsp3) is 0.902. The monoisotopic (exact) mass is 1240 g/mol. The number of hydrogen-bond acceptors (Lipinski definition) is 5. The number of rotatable bonds is 76. The number of aliphatic hydroxyl groups is 2. The van der Waals surface area contributed by atoms with Crippen LogP contribution in [0.15, 0.2) is 36.5 Å². The van der Waals surface area contributed by atoms with Crippen LogP contribution >= 0.6 is 0 Å². The zero-order chi connectivity index (χ0) is 63.5. The Labute approximate surface area is 551 Å². The molecule has 3 N–H and O–H groups in total. The maximum absolute atomic E-state index is 12.6. The van der Waals surface area contributed by atoms with Gasteiger partial charge < -0.3 is 20.3 Å². The molecule has 88 heavy (non-hydrogen) atoms. The van der Waals surface area contributed by atoms with Crippen LogP contribution in [-0.4, -0.2) is 47.4 Å². The average Bonchev–Trinajstić information content (AvgIpc) is 3.58. The summed E-state index contributed by atoms with van der Waals surface area (Å²) in [5.74, 6) is -0.0485. The topological polar surface area (TPSA) is 95.9 Å². The van der Waals surface area contributed by atoms with Crippen molar-refractivity contribution in [3.8, 4) is 0 Å².